The molecule has 0 aromatic heterocycles. The van der Waals surface area contributed by atoms with E-state index in [9.17, 15) is 0 Å². The highest BCUT2D eigenvalue weighted by atomic mass is 16.9. The first-order valence-electron chi connectivity index (χ1n) is 0.898. The Kier molecular flexibility index (Phi) is 46.2. The molecule has 0 fully saturated rings. The van der Waals surface area contributed by atoms with Crippen molar-refractivity contribution in [1.29, 1.82) is 0 Å². The Morgan fingerprint density at radius 1 is 1.57 bits per heavy atom. The van der Waals surface area contributed by atoms with Crippen molar-refractivity contribution >= 4 is 0 Å². The van der Waals surface area contributed by atoms with Gasteiger partial charge >= 0.3 is 0 Å². The first kappa shape index (κ1) is 16.5. The first-order chi connectivity index (χ1) is 2.73. The monoisotopic (exact) mass is 113 g/mol. The van der Waals surface area contributed by atoms with Crippen LogP contribution >= 0.6 is 0 Å². The van der Waals surface area contributed by atoms with E-state index in [0.717, 1.165) is 0 Å². The molecule has 0 saturated heterocycles. The summed E-state index contributed by atoms with van der Waals surface area (Å²) >= 11 is 0. The van der Waals surface area contributed by atoms with E-state index in [4.69, 9.17) is 15.3 Å². The third kappa shape index (κ3) is 56.9. The fraction of sp³-hybridized carbons (Fsp3) is 0. The van der Waals surface area contributed by atoms with Crippen molar-refractivity contribution in [2.75, 3.05) is 0 Å². The van der Waals surface area contributed by atoms with Crippen molar-refractivity contribution in [1.82, 2.24) is 0 Å². The minimum Gasteiger partial charge on any atom is -0.412 e. The van der Waals surface area contributed by atoms with Crippen LogP contribution in [-0.2, 0) is 0 Å². The molecule has 7 heavy (non-hydrogen) atoms. The van der Waals surface area contributed by atoms with Crippen molar-refractivity contribution < 1.29 is 15.8 Å². The van der Waals surface area contributed by atoms with Crippen molar-refractivity contribution in [2.45, 2.75) is 0 Å². The molecular weight excluding hydrogens is 106 g/mol. The Hall–Kier alpha value is -0.920. The van der Waals surface area contributed by atoms with Gasteiger partial charge in [0.15, 0.2) is 0 Å². The smallest absolute Gasteiger partial charge is 0.291 e. The molecule has 46 valence electrons. The second-order valence-corrected chi connectivity index (χ2v) is 0.238. The van der Waals surface area contributed by atoms with E-state index >= 15 is 0 Å². The van der Waals surface area contributed by atoms with E-state index in [1.54, 1.807) is 0 Å². The van der Waals surface area contributed by atoms with Crippen molar-refractivity contribution in [2.24, 2.45) is 11.7 Å². The van der Waals surface area contributed by atoms with E-state index in [1.165, 1.54) is 0 Å². The Balaban J connectivity index is -0.0000000480. The van der Waals surface area contributed by atoms with Crippen LogP contribution in [0.2, 0.25) is 0 Å². The van der Waals surface area contributed by atoms with E-state index in [-0.39, 0.29) is 5.48 Å². The third-order valence-corrected chi connectivity index (χ3v) is 0. The van der Waals surface area contributed by atoms with Gasteiger partial charge in [-0.25, -0.2) is 0 Å². The maximum atomic E-state index is 8.36. The molecule has 0 aromatic carbocycles. The number of hydrazine groups is 1. The van der Waals surface area contributed by atoms with Crippen LogP contribution < -0.4 is 11.7 Å². The first-order valence-corrected chi connectivity index (χ1v) is 0.898. The molecule has 7 nitrogen and oxygen atoms in total. The van der Waals surface area contributed by atoms with E-state index in [0.29, 0.717) is 0 Å². The van der Waals surface area contributed by atoms with Gasteiger partial charge in [0.2, 0.25) is 0 Å². The zero-order chi connectivity index (χ0) is 5.58. The van der Waals surface area contributed by atoms with Crippen molar-refractivity contribution in [3.05, 3.63) is 10.1 Å². The highest BCUT2D eigenvalue weighted by Gasteiger charge is 1.65. The fourth-order valence-electron chi connectivity index (χ4n) is 0. The number of hydrogen-bond acceptors (Lipinski definition) is 4. The fourth-order valence-corrected chi connectivity index (χ4v) is 0. The standard InChI is InChI=1S/H4N2.HNO3.H2O/c1-2;2-1(3)4;/h1-2H2;(H,2,3,4);1H2. The molecule has 0 unspecified atom stereocenters. The lowest BCUT2D eigenvalue weighted by Gasteiger charge is -1.56. The molecule has 0 aromatic rings. The van der Waals surface area contributed by atoms with Gasteiger partial charge in [0, 0.05) is 0 Å². The maximum Gasteiger partial charge on any atom is 0.291 e. The second kappa shape index (κ2) is 19.5. The number of nitrogens with zero attached hydrogens (tertiary/aromatic N) is 1. The summed E-state index contributed by atoms with van der Waals surface area (Å²) < 4.78 is 0. The van der Waals surface area contributed by atoms with Crippen molar-refractivity contribution in [3.8, 4) is 0 Å². The van der Waals surface area contributed by atoms with Crippen molar-refractivity contribution in [3.63, 3.8) is 0 Å². The lowest BCUT2D eigenvalue weighted by atomic mass is 13.0. The maximum absolute atomic E-state index is 8.36. The number of hydrogen-bond donors (Lipinski definition) is 3. The summed E-state index contributed by atoms with van der Waals surface area (Å²) in [6.45, 7) is 0. The molecule has 0 atom stereocenters. The van der Waals surface area contributed by atoms with Gasteiger partial charge in [-0.1, -0.05) is 0 Å². The van der Waals surface area contributed by atoms with Crippen LogP contribution in [0.4, 0.5) is 0 Å². The van der Waals surface area contributed by atoms with Crippen LogP contribution in [0.1, 0.15) is 0 Å². The SMILES string of the molecule is NN.O.O=[N+]([O-])O. The molecule has 0 saturated carbocycles. The molecule has 0 aliphatic carbocycles. The summed E-state index contributed by atoms with van der Waals surface area (Å²) in [5.41, 5.74) is 0. The summed E-state index contributed by atoms with van der Waals surface area (Å²) in [5.74, 6) is 8.00. The predicted molar refractivity (Wildman–Crippen MR) is 20.8 cm³/mol. The van der Waals surface area contributed by atoms with Crippen LogP contribution in [0.5, 0.6) is 0 Å². The summed E-state index contributed by atoms with van der Waals surface area (Å²) in [6.07, 6.45) is 0. The normalized spacial score (nSPS) is 4.29. The summed E-state index contributed by atoms with van der Waals surface area (Å²) in [6, 6.07) is 0. The molecule has 0 bridgehead atoms. The molecule has 0 heterocycles. The van der Waals surface area contributed by atoms with E-state index in [1.807, 2.05) is 0 Å². The van der Waals surface area contributed by atoms with Crippen LogP contribution in [0.3, 0.4) is 0 Å². The van der Waals surface area contributed by atoms with Gasteiger partial charge in [0.05, 0.1) is 0 Å². The highest BCUT2D eigenvalue weighted by Crippen LogP contribution is 1.38. The Labute approximate surface area is 38.9 Å². The zero-order valence-corrected chi connectivity index (χ0v) is 3.37. The highest BCUT2D eigenvalue weighted by molar-refractivity contribution is 3.83. The van der Waals surface area contributed by atoms with Gasteiger partial charge in [-0.2, -0.15) is 0 Å². The lowest BCUT2D eigenvalue weighted by molar-refractivity contribution is -0.742. The quantitative estimate of drug-likeness (QED) is 0.183. The van der Waals surface area contributed by atoms with Gasteiger partial charge in [-0.15, -0.1) is 10.1 Å². The van der Waals surface area contributed by atoms with E-state index in [2.05, 4.69) is 11.7 Å². The number of rotatable bonds is 0. The number of nitrogens with two attached hydrogens (primary N) is 2. The molecule has 7 heteroatoms. The molecule has 0 aliphatic rings. The molecule has 7 N–H and O–H groups in total. The van der Waals surface area contributed by atoms with E-state index < -0.39 is 5.09 Å². The minimum absolute atomic E-state index is 0. The van der Waals surface area contributed by atoms with Gasteiger partial charge < -0.3 is 10.7 Å². The van der Waals surface area contributed by atoms with Crippen LogP contribution in [0.25, 0.3) is 0 Å². The molecule has 0 rings (SSSR count). The second-order valence-electron chi connectivity index (χ2n) is 0.238. The molecular formula is H7N3O4. The van der Waals surface area contributed by atoms with Crippen LogP contribution in [0.15, 0.2) is 0 Å². The van der Waals surface area contributed by atoms with Gasteiger partial charge in [0.25, 0.3) is 5.09 Å². The lowest BCUT2D eigenvalue weighted by Crippen LogP contribution is -2.02. The molecule has 0 aliphatic heterocycles. The van der Waals surface area contributed by atoms with Gasteiger partial charge in [-0.05, 0) is 0 Å². The van der Waals surface area contributed by atoms with Crippen LogP contribution in [0, 0.1) is 10.1 Å². The average molecular weight is 113 g/mol. The van der Waals surface area contributed by atoms with Crippen LogP contribution in [-0.4, -0.2) is 15.8 Å². The largest absolute Gasteiger partial charge is 0.412 e. The Morgan fingerprint density at radius 2 is 1.57 bits per heavy atom. The average Bonchev–Trinajstić information content (AvgIpc) is 1.41. The zero-order valence-electron chi connectivity index (χ0n) is 3.37. The van der Waals surface area contributed by atoms with Gasteiger partial charge in [0.1, 0.15) is 0 Å². The molecule has 0 radical (unpaired) electrons. The predicted octanol–water partition coefficient (Wildman–Crippen LogP) is -2.35. The Bertz CT molecular complexity index is 29.9. The van der Waals surface area contributed by atoms with Gasteiger partial charge in [-0.3, -0.25) is 11.7 Å². The topological polar surface area (TPSA) is 147 Å². The molecule has 0 spiro atoms. The summed E-state index contributed by atoms with van der Waals surface area (Å²) in [7, 11) is 0. The summed E-state index contributed by atoms with van der Waals surface area (Å²) in [4.78, 5) is 8.36. The third-order valence-electron chi connectivity index (χ3n) is 0. The molecule has 0 amide bonds. The summed E-state index contributed by atoms with van der Waals surface area (Å²) in [5, 5.41) is 13.6. The minimum atomic E-state index is -1.50. The Morgan fingerprint density at radius 3 is 1.57 bits per heavy atom.